The molecule has 164 valence electrons. The second-order valence-corrected chi connectivity index (χ2v) is 10.2. The van der Waals surface area contributed by atoms with Gasteiger partial charge < -0.3 is 5.32 Å². The number of fused-ring (bicyclic) bond motifs is 2. The molecule has 2 aromatic heterocycles. The van der Waals surface area contributed by atoms with Crippen molar-refractivity contribution in [3.8, 4) is 17.3 Å². The van der Waals surface area contributed by atoms with Gasteiger partial charge in [0.25, 0.3) is 5.91 Å². The summed E-state index contributed by atoms with van der Waals surface area (Å²) in [5.74, 6) is 0.321. The van der Waals surface area contributed by atoms with Gasteiger partial charge in [-0.05, 0) is 55.0 Å². The first-order valence-corrected chi connectivity index (χ1v) is 12.2. The molecule has 0 fully saturated rings. The summed E-state index contributed by atoms with van der Waals surface area (Å²) < 4.78 is 0. The molecule has 1 N–H and O–H groups in total. The summed E-state index contributed by atoms with van der Waals surface area (Å²) in [6.45, 7) is 2.22. The van der Waals surface area contributed by atoms with Crippen LogP contribution in [0.2, 0.25) is 10.0 Å². The molecule has 0 spiro atoms. The lowest BCUT2D eigenvalue weighted by Crippen LogP contribution is -2.13. The van der Waals surface area contributed by atoms with E-state index in [4.69, 9.17) is 28.2 Å². The van der Waals surface area contributed by atoms with Crippen LogP contribution >= 0.6 is 34.5 Å². The fourth-order valence-corrected chi connectivity index (χ4v) is 5.95. The molecule has 5 rings (SSSR count). The number of thiophene rings is 1. The Kier molecular flexibility index (Phi) is 5.84. The van der Waals surface area contributed by atoms with Gasteiger partial charge in [-0.15, -0.1) is 11.3 Å². The van der Waals surface area contributed by atoms with Crippen LogP contribution in [-0.4, -0.2) is 10.9 Å². The molecule has 1 aliphatic carbocycles. The van der Waals surface area contributed by atoms with Gasteiger partial charge in [-0.3, -0.25) is 4.79 Å². The molecule has 0 bridgehead atoms. The largest absolute Gasteiger partial charge is 0.312 e. The molecular formula is C26H19Cl2N3OS. The number of carbonyl (C=O) groups excluding carboxylic acids is 1. The molecular weight excluding hydrogens is 473 g/mol. The number of anilines is 1. The first-order valence-electron chi connectivity index (χ1n) is 10.7. The van der Waals surface area contributed by atoms with E-state index < -0.39 is 0 Å². The smallest absolute Gasteiger partial charge is 0.257 e. The highest BCUT2D eigenvalue weighted by Gasteiger charge is 2.25. The third-order valence-corrected chi connectivity index (χ3v) is 7.94. The summed E-state index contributed by atoms with van der Waals surface area (Å²) in [6, 6.07) is 16.9. The van der Waals surface area contributed by atoms with Gasteiger partial charge in [0.05, 0.1) is 32.4 Å². The molecule has 4 nitrogen and oxygen atoms in total. The Hall–Kier alpha value is -2.91. The normalized spacial score (nSPS) is 15.2. The Bertz CT molecular complexity index is 1450. The monoisotopic (exact) mass is 491 g/mol. The van der Waals surface area contributed by atoms with Crippen molar-refractivity contribution in [2.75, 3.05) is 5.32 Å². The van der Waals surface area contributed by atoms with Crippen molar-refractivity contribution in [3.63, 3.8) is 0 Å². The van der Waals surface area contributed by atoms with Crippen molar-refractivity contribution >= 4 is 56.3 Å². The minimum absolute atomic E-state index is 0.266. The number of hydrogen-bond acceptors (Lipinski definition) is 4. The number of nitrogens with zero attached hydrogens (tertiary/aromatic N) is 2. The number of rotatable bonds is 3. The zero-order chi connectivity index (χ0) is 23.1. The molecule has 1 aliphatic rings. The minimum atomic E-state index is -0.266. The van der Waals surface area contributed by atoms with Gasteiger partial charge in [-0.25, -0.2) is 4.98 Å². The fourth-order valence-electron chi connectivity index (χ4n) is 4.29. The summed E-state index contributed by atoms with van der Waals surface area (Å²) in [4.78, 5) is 19.4. The van der Waals surface area contributed by atoms with Gasteiger partial charge in [0.1, 0.15) is 11.1 Å². The Morgan fingerprint density at radius 2 is 2.00 bits per heavy atom. The van der Waals surface area contributed by atoms with E-state index in [1.807, 2.05) is 30.3 Å². The minimum Gasteiger partial charge on any atom is -0.312 e. The highest BCUT2D eigenvalue weighted by molar-refractivity contribution is 7.16. The predicted molar refractivity (Wildman–Crippen MR) is 135 cm³/mol. The number of carbonyl (C=O) groups is 1. The van der Waals surface area contributed by atoms with Crippen LogP contribution in [0.4, 0.5) is 5.00 Å². The van der Waals surface area contributed by atoms with Crippen LogP contribution in [0, 0.1) is 17.2 Å². The molecule has 0 radical (unpaired) electrons. The molecule has 0 aliphatic heterocycles. The van der Waals surface area contributed by atoms with Crippen molar-refractivity contribution in [1.29, 1.82) is 5.26 Å². The maximum absolute atomic E-state index is 13.5. The highest BCUT2D eigenvalue weighted by atomic mass is 35.5. The van der Waals surface area contributed by atoms with E-state index in [0.29, 0.717) is 43.3 Å². The van der Waals surface area contributed by atoms with Crippen LogP contribution in [0.25, 0.3) is 22.2 Å². The van der Waals surface area contributed by atoms with Crippen LogP contribution < -0.4 is 5.32 Å². The first-order chi connectivity index (χ1) is 15.9. The summed E-state index contributed by atoms with van der Waals surface area (Å²) in [5.41, 5.74) is 4.27. The number of hydrogen-bond donors (Lipinski definition) is 1. The predicted octanol–water partition coefficient (Wildman–Crippen LogP) is 7.52. The molecule has 7 heteroatoms. The zero-order valence-corrected chi connectivity index (χ0v) is 20.1. The number of nitriles is 1. The van der Waals surface area contributed by atoms with Crippen molar-refractivity contribution in [1.82, 2.24) is 4.98 Å². The zero-order valence-electron chi connectivity index (χ0n) is 17.8. The van der Waals surface area contributed by atoms with E-state index in [9.17, 15) is 10.1 Å². The van der Waals surface area contributed by atoms with Crippen LogP contribution in [-0.2, 0) is 12.8 Å². The number of benzene rings is 2. The van der Waals surface area contributed by atoms with Crippen molar-refractivity contribution < 1.29 is 4.79 Å². The van der Waals surface area contributed by atoms with Crippen molar-refractivity contribution in [2.24, 2.45) is 5.92 Å². The van der Waals surface area contributed by atoms with E-state index in [2.05, 4.69) is 18.3 Å². The molecule has 1 atom stereocenters. The molecule has 4 aromatic rings. The van der Waals surface area contributed by atoms with Crippen LogP contribution in [0.1, 0.15) is 39.7 Å². The number of halogens is 2. The van der Waals surface area contributed by atoms with Crippen molar-refractivity contribution in [3.05, 3.63) is 80.1 Å². The Balaban J connectivity index is 1.58. The molecule has 2 aromatic carbocycles. The third-order valence-electron chi connectivity index (χ3n) is 6.03. The number of aromatic nitrogens is 1. The van der Waals surface area contributed by atoms with Crippen LogP contribution in [0.15, 0.2) is 48.5 Å². The molecule has 33 heavy (non-hydrogen) atoms. The average Bonchev–Trinajstić information content (AvgIpc) is 3.15. The Morgan fingerprint density at radius 1 is 1.18 bits per heavy atom. The van der Waals surface area contributed by atoms with Crippen LogP contribution in [0.3, 0.4) is 0 Å². The Morgan fingerprint density at radius 3 is 2.79 bits per heavy atom. The summed E-state index contributed by atoms with van der Waals surface area (Å²) in [6.07, 6.45) is 2.89. The second kappa shape index (κ2) is 8.79. The van der Waals surface area contributed by atoms with Gasteiger partial charge in [-0.2, -0.15) is 5.26 Å². The number of amides is 1. The van der Waals surface area contributed by atoms with Gasteiger partial charge in [0.2, 0.25) is 0 Å². The van der Waals surface area contributed by atoms with E-state index in [1.54, 1.807) is 18.2 Å². The van der Waals surface area contributed by atoms with E-state index in [-0.39, 0.29) is 5.91 Å². The first kappa shape index (κ1) is 21.9. The standard InChI is InChI=1S/C26H19Cl2N3OS/c1-14-6-8-17-19(13-29)26(33-24(17)10-14)31-25(32)18-12-23(15-7-9-20(27)21(28)11-15)30-22-5-3-2-4-16(18)22/h2-5,7,9,11-12,14H,6,8,10H2,1H3,(H,31,32)/t14-/m1/s1. The highest BCUT2D eigenvalue weighted by Crippen LogP contribution is 2.39. The topological polar surface area (TPSA) is 65.8 Å². The summed E-state index contributed by atoms with van der Waals surface area (Å²) in [7, 11) is 0. The second-order valence-electron chi connectivity index (χ2n) is 8.32. The lowest BCUT2D eigenvalue weighted by atomic mass is 9.88. The van der Waals surface area contributed by atoms with Gasteiger partial charge in [-0.1, -0.05) is 54.4 Å². The Labute approximate surface area is 205 Å². The van der Waals surface area contributed by atoms with Crippen LogP contribution in [0.5, 0.6) is 0 Å². The number of nitrogens with one attached hydrogen (secondary N) is 1. The number of pyridine rings is 1. The quantitative estimate of drug-likeness (QED) is 0.322. The molecule has 0 saturated carbocycles. The van der Waals surface area contributed by atoms with Gasteiger partial charge in [0.15, 0.2) is 0 Å². The average molecular weight is 492 g/mol. The van der Waals surface area contributed by atoms with Gasteiger partial charge in [0, 0.05) is 15.8 Å². The summed E-state index contributed by atoms with van der Waals surface area (Å²) in [5, 5.41) is 15.1. The van der Waals surface area contributed by atoms with Gasteiger partial charge >= 0.3 is 0 Å². The number of para-hydroxylation sites is 1. The maximum atomic E-state index is 13.5. The van der Waals surface area contributed by atoms with E-state index in [0.717, 1.165) is 35.8 Å². The lowest BCUT2D eigenvalue weighted by Gasteiger charge is -2.17. The molecule has 1 amide bonds. The summed E-state index contributed by atoms with van der Waals surface area (Å²) >= 11 is 13.8. The molecule has 0 unspecified atom stereocenters. The maximum Gasteiger partial charge on any atom is 0.257 e. The van der Waals surface area contributed by atoms with E-state index in [1.165, 1.54) is 16.2 Å². The van der Waals surface area contributed by atoms with E-state index >= 15 is 0 Å². The molecule has 0 saturated heterocycles. The lowest BCUT2D eigenvalue weighted by molar-refractivity contribution is 0.102. The third kappa shape index (κ3) is 4.11. The SMILES string of the molecule is C[C@@H]1CCc2c(sc(NC(=O)c3cc(-c4ccc(Cl)c(Cl)c4)nc4ccccc34)c2C#N)C1. The fraction of sp³-hybridized carbons (Fsp3) is 0.192. The molecule has 2 heterocycles. The van der Waals surface area contributed by atoms with Crippen molar-refractivity contribution in [2.45, 2.75) is 26.2 Å².